The van der Waals surface area contributed by atoms with Gasteiger partial charge in [-0.05, 0) is 59.4 Å². The smallest absolute Gasteiger partial charge is 0.269 e. The van der Waals surface area contributed by atoms with Gasteiger partial charge in [-0.2, -0.15) is 0 Å². The third-order valence-electron chi connectivity index (χ3n) is 3.92. The summed E-state index contributed by atoms with van der Waals surface area (Å²) < 4.78 is 0. The second-order valence-corrected chi connectivity index (χ2v) is 7.88. The predicted molar refractivity (Wildman–Crippen MR) is 112 cm³/mol. The van der Waals surface area contributed by atoms with E-state index in [4.69, 9.17) is 23.8 Å². The van der Waals surface area contributed by atoms with Crippen LogP contribution in [-0.4, -0.2) is 17.6 Å². The maximum absolute atomic E-state index is 12.2. The Kier molecular flexibility index (Phi) is 7.00. The number of nitrogens with one attached hydrogen (secondary N) is 3. The van der Waals surface area contributed by atoms with Crippen molar-refractivity contribution in [2.24, 2.45) is 0 Å². The Hall–Kier alpha value is -2.11. The van der Waals surface area contributed by atoms with Gasteiger partial charge in [0.15, 0.2) is 5.11 Å². The summed E-state index contributed by atoms with van der Waals surface area (Å²) in [7, 11) is 0. The topological polar surface area (TPSA) is 53.2 Å². The van der Waals surface area contributed by atoms with Crippen LogP contribution in [0.25, 0.3) is 0 Å². The minimum Gasteiger partial charge on any atom is -0.361 e. The Morgan fingerprint density at radius 3 is 2.19 bits per heavy atom. The molecule has 0 spiro atoms. The van der Waals surface area contributed by atoms with Crippen molar-refractivity contribution in [3.63, 3.8) is 0 Å². The fraction of sp³-hybridized carbons (Fsp3) is 0.300. The quantitative estimate of drug-likeness (QED) is 0.546. The molecule has 6 heteroatoms. The molecule has 0 aliphatic heterocycles. The molecule has 0 unspecified atom stereocenters. The van der Waals surface area contributed by atoms with Crippen LogP contribution in [0.15, 0.2) is 48.5 Å². The van der Waals surface area contributed by atoms with Crippen molar-refractivity contribution >= 4 is 34.8 Å². The molecule has 138 valence electrons. The van der Waals surface area contributed by atoms with Crippen LogP contribution in [0.4, 0.5) is 0 Å². The highest BCUT2D eigenvalue weighted by Crippen LogP contribution is 2.22. The lowest BCUT2D eigenvalue weighted by molar-refractivity contribution is 0.0943. The predicted octanol–water partition coefficient (Wildman–Crippen LogP) is 3.99. The van der Waals surface area contributed by atoms with E-state index in [9.17, 15) is 4.79 Å². The van der Waals surface area contributed by atoms with Crippen molar-refractivity contribution in [3.05, 3.63) is 70.2 Å². The number of rotatable bonds is 4. The monoisotopic (exact) mass is 389 g/mol. The van der Waals surface area contributed by atoms with Crippen LogP contribution in [0, 0.1) is 0 Å². The van der Waals surface area contributed by atoms with Gasteiger partial charge in [0.05, 0.1) is 0 Å². The SMILES string of the molecule is CC(C)(C)c1ccc(C(=O)NNC(=S)NCCc2ccc(Cl)cc2)cc1. The molecule has 2 aromatic rings. The summed E-state index contributed by atoms with van der Waals surface area (Å²) in [5, 5.41) is 4.15. The van der Waals surface area contributed by atoms with Crippen molar-refractivity contribution in [1.29, 1.82) is 0 Å². The van der Waals surface area contributed by atoms with Crippen LogP contribution in [0.1, 0.15) is 42.3 Å². The summed E-state index contributed by atoms with van der Waals surface area (Å²) in [5.41, 5.74) is 8.30. The van der Waals surface area contributed by atoms with Crippen LogP contribution in [-0.2, 0) is 11.8 Å². The number of hydrogen-bond donors (Lipinski definition) is 3. The standard InChI is InChI=1S/C20H24ClN3OS/c1-20(2,3)16-8-6-15(7-9-16)18(25)23-24-19(26)22-13-12-14-4-10-17(21)11-5-14/h4-11H,12-13H2,1-3H3,(H,23,25)(H2,22,24,26). The fourth-order valence-electron chi connectivity index (χ4n) is 2.32. The molecule has 0 bridgehead atoms. The molecule has 0 aliphatic rings. The first-order valence-corrected chi connectivity index (χ1v) is 9.23. The molecule has 0 atom stereocenters. The number of thiocarbonyl (C=S) groups is 1. The number of halogens is 1. The van der Waals surface area contributed by atoms with E-state index in [1.165, 1.54) is 5.56 Å². The fourth-order valence-corrected chi connectivity index (χ4v) is 2.60. The first-order chi connectivity index (χ1) is 12.3. The third kappa shape index (κ3) is 6.32. The van der Waals surface area contributed by atoms with E-state index >= 15 is 0 Å². The van der Waals surface area contributed by atoms with Gasteiger partial charge in [-0.3, -0.25) is 15.6 Å². The van der Waals surface area contributed by atoms with Gasteiger partial charge in [-0.1, -0.05) is 56.6 Å². The molecule has 0 heterocycles. The van der Waals surface area contributed by atoms with E-state index in [2.05, 4.69) is 36.9 Å². The number of hydrogen-bond acceptors (Lipinski definition) is 2. The molecule has 0 aliphatic carbocycles. The largest absolute Gasteiger partial charge is 0.361 e. The summed E-state index contributed by atoms with van der Waals surface area (Å²) in [6.07, 6.45) is 0.807. The first kappa shape index (κ1) is 20.2. The summed E-state index contributed by atoms with van der Waals surface area (Å²) in [6.45, 7) is 7.07. The van der Waals surface area contributed by atoms with Gasteiger partial charge in [-0.15, -0.1) is 0 Å². The molecule has 3 N–H and O–H groups in total. The van der Waals surface area contributed by atoms with Gasteiger partial charge in [-0.25, -0.2) is 0 Å². The van der Waals surface area contributed by atoms with E-state index in [1.807, 2.05) is 48.5 Å². The zero-order chi connectivity index (χ0) is 19.2. The van der Waals surface area contributed by atoms with Crippen LogP contribution in [0.2, 0.25) is 5.02 Å². The summed E-state index contributed by atoms with van der Waals surface area (Å²) in [4.78, 5) is 12.2. The normalized spacial score (nSPS) is 10.9. The number of benzene rings is 2. The summed E-state index contributed by atoms with van der Waals surface area (Å²) >= 11 is 11.0. The summed E-state index contributed by atoms with van der Waals surface area (Å²) in [6, 6.07) is 15.2. The van der Waals surface area contributed by atoms with Gasteiger partial charge in [0, 0.05) is 17.1 Å². The number of carbonyl (C=O) groups is 1. The van der Waals surface area contributed by atoms with Gasteiger partial charge in [0.2, 0.25) is 0 Å². The van der Waals surface area contributed by atoms with Crippen molar-refractivity contribution in [2.75, 3.05) is 6.54 Å². The number of amides is 1. The highest BCUT2D eigenvalue weighted by Gasteiger charge is 2.14. The van der Waals surface area contributed by atoms with Gasteiger partial charge in [0.1, 0.15) is 0 Å². The first-order valence-electron chi connectivity index (χ1n) is 8.45. The zero-order valence-electron chi connectivity index (χ0n) is 15.2. The average Bonchev–Trinajstić information content (AvgIpc) is 2.61. The molecular weight excluding hydrogens is 366 g/mol. The van der Waals surface area contributed by atoms with Crippen LogP contribution in [0.3, 0.4) is 0 Å². The lowest BCUT2D eigenvalue weighted by atomic mass is 9.87. The van der Waals surface area contributed by atoms with E-state index in [0.29, 0.717) is 17.2 Å². The molecule has 0 aromatic heterocycles. The molecule has 2 rings (SSSR count). The number of hydrazine groups is 1. The van der Waals surface area contributed by atoms with Crippen LogP contribution in [0.5, 0.6) is 0 Å². The van der Waals surface area contributed by atoms with Gasteiger partial charge >= 0.3 is 0 Å². The molecule has 26 heavy (non-hydrogen) atoms. The molecule has 0 radical (unpaired) electrons. The van der Waals surface area contributed by atoms with E-state index < -0.39 is 0 Å². The van der Waals surface area contributed by atoms with Crippen molar-refractivity contribution < 1.29 is 4.79 Å². The van der Waals surface area contributed by atoms with E-state index in [-0.39, 0.29) is 11.3 Å². The second kappa shape index (κ2) is 9.01. The Morgan fingerprint density at radius 2 is 1.62 bits per heavy atom. The highest BCUT2D eigenvalue weighted by atomic mass is 35.5. The molecule has 0 fully saturated rings. The number of carbonyl (C=O) groups excluding carboxylic acids is 1. The maximum Gasteiger partial charge on any atom is 0.269 e. The molecule has 1 amide bonds. The molecule has 2 aromatic carbocycles. The maximum atomic E-state index is 12.2. The van der Waals surface area contributed by atoms with E-state index in [1.54, 1.807) is 0 Å². The third-order valence-corrected chi connectivity index (χ3v) is 4.41. The molecule has 4 nitrogen and oxygen atoms in total. The lowest BCUT2D eigenvalue weighted by Gasteiger charge is -2.19. The van der Waals surface area contributed by atoms with Crippen molar-refractivity contribution in [3.8, 4) is 0 Å². The molecule has 0 saturated heterocycles. The van der Waals surface area contributed by atoms with Crippen LogP contribution >= 0.6 is 23.8 Å². The van der Waals surface area contributed by atoms with Crippen molar-refractivity contribution in [1.82, 2.24) is 16.2 Å². The minimum absolute atomic E-state index is 0.0584. The lowest BCUT2D eigenvalue weighted by Crippen LogP contribution is -2.47. The van der Waals surface area contributed by atoms with E-state index in [0.717, 1.165) is 17.0 Å². The zero-order valence-corrected chi connectivity index (χ0v) is 16.8. The second-order valence-electron chi connectivity index (χ2n) is 7.04. The van der Waals surface area contributed by atoms with Crippen molar-refractivity contribution in [2.45, 2.75) is 32.6 Å². The Labute approximate surface area is 165 Å². The minimum atomic E-state index is -0.229. The van der Waals surface area contributed by atoms with Gasteiger partial charge in [0.25, 0.3) is 5.91 Å². The molecule has 0 saturated carbocycles. The summed E-state index contributed by atoms with van der Waals surface area (Å²) in [5.74, 6) is -0.229. The Morgan fingerprint density at radius 1 is 1.00 bits per heavy atom. The van der Waals surface area contributed by atoms with Crippen LogP contribution < -0.4 is 16.2 Å². The molecular formula is C20H24ClN3OS. The Balaban J connectivity index is 1.74. The highest BCUT2D eigenvalue weighted by molar-refractivity contribution is 7.80. The average molecular weight is 390 g/mol. The Bertz CT molecular complexity index is 752. The van der Waals surface area contributed by atoms with Gasteiger partial charge < -0.3 is 5.32 Å².